The number of pyridine rings is 1. The number of fused-ring (bicyclic) bond motifs is 1. The lowest BCUT2D eigenvalue weighted by Crippen LogP contribution is -1.90. The second-order valence-electron chi connectivity index (χ2n) is 4.70. The number of hydrogen-bond donors (Lipinski definition) is 0. The molecule has 4 heteroatoms. The quantitative estimate of drug-likeness (QED) is 0.516. The Morgan fingerprint density at radius 3 is 2.75 bits per heavy atom. The second-order valence-corrected chi connectivity index (χ2v) is 4.70. The summed E-state index contributed by atoms with van der Waals surface area (Å²) >= 11 is 0. The standard InChI is InChI=1S/C16H12N2O2/c1-11-8-13-5-3-7-17-16(13)15(9-11)12-4-2-6-14(10-12)18(19)20/h2-10H,1H3. The van der Waals surface area contributed by atoms with Crippen molar-refractivity contribution >= 4 is 16.6 Å². The van der Waals surface area contributed by atoms with Crippen LogP contribution in [-0.4, -0.2) is 9.91 Å². The van der Waals surface area contributed by atoms with Crippen molar-refractivity contribution in [2.75, 3.05) is 0 Å². The summed E-state index contributed by atoms with van der Waals surface area (Å²) in [5.41, 5.74) is 3.79. The normalized spacial score (nSPS) is 10.7. The third-order valence-electron chi connectivity index (χ3n) is 3.22. The number of aryl methyl sites for hydroxylation is 1. The Balaban J connectivity index is 2.29. The molecule has 3 aromatic rings. The predicted octanol–water partition coefficient (Wildman–Crippen LogP) is 4.12. The van der Waals surface area contributed by atoms with Gasteiger partial charge < -0.3 is 0 Å². The van der Waals surface area contributed by atoms with E-state index < -0.39 is 0 Å². The zero-order valence-electron chi connectivity index (χ0n) is 10.9. The summed E-state index contributed by atoms with van der Waals surface area (Å²) in [6.45, 7) is 2.01. The van der Waals surface area contributed by atoms with E-state index in [-0.39, 0.29) is 10.6 Å². The Morgan fingerprint density at radius 2 is 1.95 bits per heavy atom. The van der Waals surface area contributed by atoms with Crippen LogP contribution in [-0.2, 0) is 0 Å². The largest absolute Gasteiger partial charge is 0.270 e. The van der Waals surface area contributed by atoms with Gasteiger partial charge in [-0.25, -0.2) is 0 Å². The number of aromatic nitrogens is 1. The van der Waals surface area contributed by atoms with Gasteiger partial charge in [0.2, 0.25) is 0 Å². The van der Waals surface area contributed by atoms with Gasteiger partial charge in [-0.3, -0.25) is 15.1 Å². The van der Waals surface area contributed by atoms with Gasteiger partial charge in [-0.1, -0.05) is 18.2 Å². The molecule has 0 fully saturated rings. The Labute approximate surface area is 115 Å². The van der Waals surface area contributed by atoms with Gasteiger partial charge in [-0.05, 0) is 36.2 Å². The van der Waals surface area contributed by atoms with Crippen LogP contribution in [0.25, 0.3) is 22.0 Å². The third-order valence-corrected chi connectivity index (χ3v) is 3.22. The summed E-state index contributed by atoms with van der Waals surface area (Å²) in [5, 5.41) is 11.9. The van der Waals surface area contributed by atoms with E-state index in [2.05, 4.69) is 11.1 Å². The molecule has 0 aliphatic heterocycles. The van der Waals surface area contributed by atoms with Crippen LogP contribution in [0.15, 0.2) is 54.7 Å². The van der Waals surface area contributed by atoms with Gasteiger partial charge >= 0.3 is 0 Å². The molecule has 0 aliphatic rings. The molecule has 0 atom stereocenters. The Hall–Kier alpha value is -2.75. The average molecular weight is 264 g/mol. The average Bonchev–Trinajstić information content (AvgIpc) is 2.46. The van der Waals surface area contributed by atoms with Crippen molar-refractivity contribution in [3.8, 4) is 11.1 Å². The van der Waals surface area contributed by atoms with E-state index in [1.807, 2.05) is 31.2 Å². The van der Waals surface area contributed by atoms with Crippen molar-refractivity contribution in [3.05, 3.63) is 70.4 Å². The van der Waals surface area contributed by atoms with Gasteiger partial charge in [0.15, 0.2) is 0 Å². The highest BCUT2D eigenvalue weighted by molar-refractivity contribution is 5.94. The van der Waals surface area contributed by atoms with E-state index in [0.29, 0.717) is 0 Å². The zero-order valence-corrected chi connectivity index (χ0v) is 10.9. The molecule has 1 aromatic heterocycles. The number of hydrogen-bond acceptors (Lipinski definition) is 3. The fraction of sp³-hybridized carbons (Fsp3) is 0.0625. The Morgan fingerprint density at radius 1 is 1.10 bits per heavy atom. The van der Waals surface area contributed by atoms with Crippen molar-refractivity contribution in [1.29, 1.82) is 0 Å². The van der Waals surface area contributed by atoms with E-state index in [4.69, 9.17) is 0 Å². The molecule has 4 nitrogen and oxygen atoms in total. The number of nitro groups is 1. The molecular weight excluding hydrogens is 252 g/mol. The summed E-state index contributed by atoms with van der Waals surface area (Å²) in [5.74, 6) is 0. The van der Waals surface area contributed by atoms with Crippen LogP contribution >= 0.6 is 0 Å². The minimum Gasteiger partial charge on any atom is -0.258 e. The molecule has 0 N–H and O–H groups in total. The van der Waals surface area contributed by atoms with Crippen molar-refractivity contribution < 1.29 is 4.92 Å². The first kappa shape index (κ1) is 12.3. The summed E-state index contributed by atoms with van der Waals surface area (Å²) < 4.78 is 0. The van der Waals surface area contributed by atoms with Crippen molar-refractivity contribution in [2.24, 2.45) is 0 Å². The molecule has 0 spiro atoms. The molecule has 0 radical (unpaired) electrons. The molecule has 0 aliphatic carbocycles. The molecule has 20 heavy (non-hydrogen) atoms. The van der Waals surface area contributed by atoms with E-state index in [0.717, 1.165) is 27.6 Å². The summed E-state index contributed by atoms with van der Waals surface area (Å²) in [4.78, 5) is 14.9. The summed E-state index contributed by atoms with van der Waals surface area (Å²) in [6.07, 6.45) is 1.73. The predicted molar refractivity (Wildman–Crippen MR) is 78.6 cm³/mol. The third kappa shape index (κ3) is 2.12. The number of nitro benzene ring substituents is 1. The molecule has 0 amide bonds. The maximum absolute atomic E-state index is 10.9. The van der Waals surface area contributed by atoms with Crippen LogP contribution in [0.5, 0.6) is 0 Å². The van der Waals surface area contributed by atoms with E-state index in [1.54, 1.807) is 18.3 Å². The second kappa shape index (κ2) is 4.74. The molecule has 1 heterocycles. The monoisotopic (exact) mass is 264 g/mol. The minimum atomic E-state index is -0.380. The zero-order chi connectivity index (χ0) is 14.1. The van der Waals surface area contributed by atoms with Crippen LogP contribution in [0, 0.1) is 17.0 Å². The molecule has 0 saturated carbocycles. The number of nitrogens with zero attached hydrogens (tertiary/aromatic N) is 2. The van der Waals surface area contributed by atoms with Gasteiger partial charge in [0, 0.05) is 29.3 Å². The smallest absolute Gasteiger partial charge is 0.258 e. The first-order valence-corrected chi connectivity index (χ1v) is 6.25. The maximum Gasteiger partial charge on any atom is 0.270 e. The van der Waals surface area contributed by atoms with Gasteiger partial charge in [-0.2, -0.15) is 0 Å². The fourth-order valence-corrected chi connectivity index (χ4v) is 2.35. The molecule has 0 unspecified atom stereocenters. The minimum absolute atomic E-state index is 0.0908. The Bertz CT molecular complexity index is 812. The topological polar surface area (TPSA) is 56.0 Å². The van der Waals surface area contributed by atoms with Crippen LogP contribution < -0.4 is 0 Å². The number of non-ortho nitro benzene ring substituents is 1. The number of rotatable bonds is 2. The van der Waals surface area contributed by atoms with Crippen LogP contribution in [0.1, 0.15) is 5.56 Å². The van der Waals surface area contributed by atoms with E-state index in [1.165, 1.54) is 6.07 Å². The molecule has 0 saturated heterocycles. The first-order valence-electron chi connectivity index (χ1n) is 6.25. The highest BCUT2D eigenvalue weighted by Crippen LogP contribution is 2.30. The van der Waals surface area contributed by atoms with Crippen molar-refractivity contribution in [2.45, 2.75) is 6.92 Å². The lowest BCUT2D eigenvalue weighted by molar-refractivity contribution is -0.384. The maximum atomic E-state index is 10.9. The summed E-state index contributed by atoms with van der Waals surface area (Å²) in [6, 6.07) is 14.6. The SMILES string of the molecule is Cc1cc(-c2cccc([N+](=O)[O-])c2)c2ncccc2c1. The highest BCUT2D eigenvalue weighted by Gasteiger charge is 2.10. The van der Waals surface area contributed by atoms with Gasteiger partial charge in [0.05, 0.1) is 10.4 Å². The number of benzene rings is 2. The van der Waals surface area contributed by atoms with E-state index in [9.17, 15) is 10.1 Å². The van der Waals surface area contributed by atoms with Crippen LogP contribution in [0.3, 0.4) is 0 Å². The molecule has 0 bridgehead atoms. The fourth-order valence-electron chi connectivity index (χ4n) is 2.35. The lowest BCUT2D eigenvalue weighted by atomic mass is 9.99. The molecule has 2 aromatic carbocycles. The van der Waals surface area contributed by atoms with Crippen molar-refractivity contribution in [3.63, 3.8) is 0 Å². The van der Waals surface area contributed by atoms with Gasteiger partial charge in [-0.15, -0.1) is 0 Å². The Kier molecular flexibility index (Phi) is 2.91. The van der Waals surface area contributed by atoms with Crippen molar-refractivity contribution in [1.82, 2.24) is 4.98 Å². The molecule has 98 valence electrons. The first-order chi connectivity index (χ1) is 9.65. The molecule has 3 rings (SSSR count). The van der Waals surface area contributed by atoms with Gasteiger partial charge in [0.25, 0.3) is 5.69 Å². The molecular formula is C16H12N2O2. The lowest BCUT2D eigenvalue weighted by Gasteiger charge is -2.07. The highest BCUT2D eigenvalue weighted by atomic mass is 16.6. The van der Waals surface area contributed by atoms with E-state index >= 15 is 0 Å². The van der Waals surface area contributed by atoms with Crippen LogP contribution in [0.4, 0.5) is 5.69 Å². The summed E-state index contributed by atoms with van der Waals surface area (Å²) in [7, 11) is 0. The van der Waals surface area contributed by atoms with Gasteiger partial charge in [0.1, 0.15) is 0 Å². The van der Waals surface area contributed by atoms with Crippen LogP contribution in [0.2, 0.25) is 0 Å².